The van der Waals surface area contributed by atoms with Gasteiger partial charge in [0.15, 0.2) is 0 Å². The van der Waals surface area contributed by atoms with Crippen molar-refractivity contribution < 1.29 is 19.1 Å². The van der Waals surface area contributed by atoms with E-state index in [9.17, 15) is 9.59 Å². The molecule has 2 aliphatic carbocycles. The fraction of sp³-hybridized carbons (Fsp3) is 0.833. The summed E-state index contributed by atoms with van der Waals surface area (Å²) in [5.41, 5.74) is 0. The second-order valence-corrected chi connectivity index (χ2v) is 4.98. The average molecular weight is 241 g/mol. The van der Waals surface area contributed by atoms with Gasteiger partial charge >= 0.3 is 12.1 Å². The molecule has 2 fully saturated rings. The Labute approximate surface area is 101 Å². The van der Waals surface area contributed by atoms with Crippen molar-refractivity contribution in [2.75, 3.05) is 14.2 Å². The molecule has 2 rings (SSSR count). The van der Waals surface area contributed by atoms with Crippen LogP contribution in [-0.4, -0.2) is 32.3 Å². The van der Waals surface area contributed by atoms with Gasteiger partial charge in [0.05, 0.1) is 14.2 Å². The zero-order valence-electron chi connectivity index (χ0n) is 10.3. The van der Waals surface area contributed by atoms with Crippen LogP contribution in [0.3, 0.4) is 0 Å². The molecule has 0 aromatic heterocycles. The highest BCUT2D eigenvalue weighted by atomic mass is 16.5. The van der Waals surface area contributed by atoms with Crippen molar-refractivity contribution in [3.63, 3.8) is 0 Å². The van der Waals surface area contributed by atoms with E-state index < -0.39 is 12.1 Å². The number of hydrogen-bond donors (Lipinski definition) is 1. The number of methoxy groups -OCH3 is 2. The summed E-state index contributed by atoms with van der Waals surface area (Å²) in [5.74, 6) is 1.10. The Morgan fingerprint density at radius 1 is 1.18 bits per heavy atom. The van der Waals surface area contributed by atoms with Gasteiger partial charge in [0.1, 0.15) is 6.04 Å². The number of nitrogens with one attached hydrogen (secondary N) is 1. The van der Waals surface area contributed by atoms with Gasteiger partial charge in [-0.05, 0) is 37.0 Å². The zero-order chi connectivity index (χ0) is 12.4. The Hall–Kier alpha value is -1.26. The Bertz CT molecular complexity index is 318. The lowest BCUT2D eigenvalue weighted by Crippen LogP contribution is -2.48. The van der Waals surface area contributed by atoms with Crippen molar-refractivity contribution in [3.8, 4) is 0 Å². The molecule has 0 saturated heterocycles. The van der Waals surface area contributed by atoms with E-state index in [1.54, 1.807) is 0 Å². The molecule has 0 heterocycles. The Balaban J connectivity index is 2.05. The first-order valence-electron chi connectivity index (χ1n) is 6.08. The van der Waals surface area contributed by atoms with Crippen molar-refractivity contribution in [1.29, 1.82) is 0 Å². The Morgan fingerprint density at radius 3 is 2.41 bits per heavy atom. The third kappa shape index (κ3) is 2.37. The normalized spacial score (nSPS) is 32.0. The maximum Gasteiger partial charge on any atom is 0.407 e. The molecule has 0 spiro atoms. The molecule has 5 heteroatoms. The van der Waals surface area contributed by atoms with Gasteiger partial charge in [0.25, 0.3) is 0 Å². The average Bonchev–Trinajstić information content (AvgIpc) is 2.96. The molecule has 17 heavy (non-hydrogen) atoms. The minimum Gasteiger partial charge on any atom is -0.467 e. The van der Waals surface area contributed by atoms with E-state index in [-0.39, 0.29) is 11.9 Å². The quantitative estimate of drug-likeness (QED) is 0.757. The topological polar surface area (TPSA) is 64.6 Å². The van der Waals surface area contributed by atoms with E-state index in [0.717, 1.165) is 18.8 Å². The summed E-state index contributed by atoms with van der Waals surface area (Å²) in [7, 11) is 2.64. The van der Waals surface area contributed by atoms with E-state index in [0.29, 0.717) is 5.92 Å². The summed E-state index contributed by atoms with van der Waals surface area (Å²) in [6.07, 6.45) is 4.04. The lowest BCUT2D eigenvalue weighted by Gasteiger charge is -2.28. The molecule has 2 aliphatic rings. The van der Waals surface area contributed by atoms with Gasteiger partial charge in [0.2, 0.25) is 0 Å². The molecule has 5 nitrogen and oxygen atoms in total. The molecular weight excluding hydrogens is 222 g/mol. The highest BCUT2D eigenvalue weighted by molar-refractivity contribution is 5.81. The molecule has 0 aromatic rings. The summed E-state index contributed by atoms with van der Waals surface area (Å²) < 4.78 is 9.33. The monoisotopic (exact) mass is 241 g/mol. The van der Waals surface area contributed by atoms with Crippen LogP contribution < -0.4 is 5.32 Å². The number of hydrogen-bond acceptors (Lipinski definition) is 4. The largest absolute Gasteiger partial charge is 0.467 e. The Kier molecular flexibility index (Phi) is 3.54. The lowest BCUT2D eigenvalue weighted by molar-refractivity contribution is -0.145. The fourth-order valence-electron chi connectivity index (χ4n) is 3.36. The first-order valence-corrected chi connectivity index (χ1v) is 6.08. The summed E-state index contributed by atoms with van der Waals surface area (Å²) in [4.78, 5) is 23.0. The fourth-order valence-corrected chi connectivity index (χ4v) is 3.36. The number of esters is 1. The number of fused-ring (bicyclic) bond motifs is 2. The van der Waals surface area contributed by atoms with Crippen molar-refractivity contribution in [1.82, 2.24) is 5.32 Å². The van der Waals surface area contributed by atoms with Crippen molar-refractivity contribution in [2.45, 2.75) is 31.7 Å². The smallest absolute Gasteiger partial charge is 0.407 e. The second-order valence-electron chi connectivity index (χ2n) is 4.98. The molecule has 1 amide bonds. The lowest BCUT2D eigenvalue weighted by atomic mass is 9.83. The number of carbonyl (C=O) groups excluding carboxylic acids is 2. The number of ether oxygens (including phenoxy) is 2. The molecule has 0 aliphatic heterocycles. The predicted molar refractivity (Wildman–Crippen MR) is 60.3 cm³/mol. The van der Waals surface area contributed by atoms with Crippen LogP contribution in [0.5, 0.6) is 0 Å². The van der Waals surface area contributed by atoms with E-state index in [1.165, 1.54) is 27.1 Å². The van der Waals surface area contributed by atoms with Crippen LogP contribution in [0.1, 0.15) is 25.7 Å². The highest BCUT2D eigenvalue weighted by Crippen LogP contribution is 2.49. The molecule has 4 atom stereocenters. The Morgan fingerprint density at radius 2 is 1.94 bits per heavy atom. The van der Waals surface area contributed by atoms with Gasteiger partial charge in [-0.25, -0.2) is 9.59 Å². The summed E-state index contributed by atoms with van der Waals surface area (Å²) in [5, 5.41) is 2.61. The van der Waals surface area contributed by atoms with Gasteiger partial charge in [-0.2, -0.15) is 0 Å². The van der Waals surface area contributed by atoms with Gasteiger partial charge in [0, 0.05) is 0 Å². The van der Waals surface area contributed by atoms with Crippen molar-refractivity contribution in [3.05, 3.63) is 0 Å². The minimum atomic E-state index is -0.567. The molecule has 1 N–H and O–H groups in total. The minimum absolute atomic E-state index is 0.209. The van der Waals surface area contributed by atoms with E-state index in [4.69, 9.17) is 4.74 Å². The van der Waals surface area contributed by atoms with Crippen molar-refractivity contribution >= 4 is 12.1 Å². The van der Waals surface area contributed by atoms with E-state index in [2.05, 4.69) is 10.1 Å². The maximum atomic E-state index is 11.7. The summed E-state index contributed by atoms with van der Waals surface area (Å²) >= 11 is 0. The molecule has 2 saturated carbocycles. The first-order chi connectivity index (χ1) is 8.15. The number of rotatable bonds is 3. The molecule has 0 radical (unpaired) electrons. The standard InChI is InChI=1S/C12H19NO4/c1-16-11(14)10(13-12(15)17-2)9-6-7-3-4-8(9)5-7/h7-10H,3-6H2,1-2H3,(H,13,15)/t7-,8+,9+,10?/m1/s1. The van der Waals surface area contributed by atoms with Crippen LogP contribution in [0.2, 0.25) is 0 Å². The third-order valence-corrected chi connectivity index (χ3v) is 4.13. The summed E-state index contributed by atoms with van der Waals surface area (Å²) in [6.45, 7) is 0. The molecule has 0 aromatic carbocycles. The van der Waals surface area contributed by atoms with Crippen LogP contribution in [0.25, 0.3) is 0 Å². The van der Waals surface area contributed by atoms with Crippen LogP contribution >= 0.6 is 0 Å². The number of carbonyl (C=O) groups is 2. The second kappa shape index (κ2) is 4.94. The van der Waals surface area contributed by atoms with Crippen LogP contribution in [0, 0.1) is 17.8 Å². The maximum absolute atomic E-state index is 11.7. The van der Waals surface area contributed by atoms with Crippen LogP contribution in [0.15, 0.2) is 0 Å². The van der Waals surface area contributed by atoms with Gasteiger partial charge in [-0.3, -0.25) is 0 Å². The third-order valence-electron chi connectivity index (χ3n) is 4.13. The van der Waals surface area contributed by atoms with Gasteiger partial charge in [-0.1, -0.05) is 6.42 Å². The summed E-state index contributed by atoms with van der Waals surface area (Å²) in [6, 6.07) is -0.553. The molecule has 2 bridgehead atoms. The molecule has 96 valence electrons. The SMILES string of the molecule is COC(=O)NC(C(=O)OC)[C@H]1C[C@@H]2CC[C@H]1C2. The molecule has 1 unspecified atom stereocenters. The predicted octanol–water partition coefficient (Wildman–Crippen LogP) is 1.32. The van der Waals surface area contributed by atoms with E-state index in [1.807, 2.05) is 0 Å². The zero-order valence-corrected chi connectivity index (χ0v) is 10.3. The van der Waals surface area contributed by atoms with Crippen LogP contribution in [0.4, 0.5) is 4.79 Å². The number of alkyl carbamates (subject to hydrolysis) is 1. The molecular formula is C12H19NO4. The number of amides is 1. The van der Waals surface area contributed by atoms with Gasteiger partial charge in [-0.15, -0.1) is 0 Å². The van der Waals surface area contributed by atoms with Crippen molar-refractivity contribution in [2.24, 2.45) is 17.8 Å². The van der Waals surface area contributed by atoms with E-state index >= 15 is 0 Å². The highest BCUT2D eigenvalue weighted by Gasteiger charge is 2.46. The first kappa shape index (κ1) is 12.2. The van der Waals surface area contributed by atoms with Gasteiger partial charge < -0.3 is 14.8 Å². The van der Waals surface area contributed by atoms with Crippen LogP contribution in [-0.2, 0) is 14.3 Å².